The van der Waals surface area contributed by atoms with Gasteiger partial charge in [-0.05, 0) is 91.8 Å². The van der Waals surface area contributed by atoms with E-state index < -0.39 is 0 Å². The number of halogens is 1. The molecule has 3 amide bonds. The highest BCUT2D eigenvalue weighted by Gasteiger charge is 2.51. The van der Waals surface area contributed by atoms with E-state index in [1.807, 2.05) is 24.3 Å². The third kappa shape index (κ3) is 3.79. The zero-order chi connectivity index (χ0) is 20.2. The molecule has 1 heterocycles. The average molecular weight is 475 g/mol. The Hall–Kier alpha value is -1.60. The maximum absolute atomic E-state index is 12.8. The quantitative estimate of drug-likeness (QED) is 0.648. The molecule has 7 heteroatoms. The second-order valence-corrected chi connectivity index (χ2v) is 11.0. The number of nitrogens with one attached hydrogen (secondary N) is 1. The van der Waals surface area contributed by atoms with Crippen LogP contribution in [0.1, 0.15) is 44.1 Å². The van der Waals surface area contributed by atoms with Crippen LogP contribution in [0.3, 0.4) is 0 Å². The van der Waals surface area contributed by atoms with Crippen LogP contribution in [0.25, 0.3) is 6.08 Å². The molecule has 1 N–H and O–H groups in total. The van der Waals surface area contributed by atoms with Crippen LogP contribution >= 0.6 is 27.7 Å². The molecule has 4 bridgehead atoms. The number of carbonyl (C=O) groups excluding carboxylic acids is 3. The number of amides is 3. The number of nitrogens with zero attached hydrogens (tertiary/aromatic N) is 1. The third-order valence-electron chi connectivity index (χ3n) is 6.79. The molecule has 0 spiro atoms. The zero-order valence-electron chi connectivity index (χ0n) is 16.0. The van der Waals surface area contributed by atoms with Gasteiger partial charge in [0.25, 0.3) is 11.1 Å². The Kier molecular flexibility index (Phi) is 4.86. The molecule has 5 fully saturated rings. The van der Waals surface area contributed by atoms with E-state index >= 15 is 0 Å². The topological polar surface area (TPSA) is 66.5 Å². The zero-order valence-corrected chi connectivity index (χ0v) is 18.4. The van der Waals surface area contributed by atoms with Gasteiger partial charge in [0, 0.05) is 10.0 Å². The summed E-state index contributed by atoms with van der Waals surface area (Å²) in [7, 11) is 0. The lowest BCUT2D eigenvalue weighted by atomic mass is 9.53. The van der Waals surface area contributed by atoms with Crippen molar-refractivity contribution in [2.45, 2.75) is 44.1 Å². The van der Waals surface area contributed by atoms with E-state index in [0.717, 1.165) is 63.7 Å². The lowest BCUT2D eigenvalue weighted by Gasteiger charge is -2.56. The normalized spacial score (nSPS) is 34.3. The molecule has 29 heavy (non-hydrogen) atoms. The molecule has 4 saturated carbocycles. The maximum atomic E-state index is 12.8. The molecule has 4 aliphatic carbocycles. The molecule has 152 valence electrons. The summed E-state index contributed by atoms with van der Waals surface area (Å²) in [5, 5.41) is 2.87. The Bertz CT molecular complexity index is 876. The van der Waals surface area contributed by atoms with Gasteiger partial charge in [-0.25, -0.2) is 0 Å². The van der Waals surface area contributed by atoms with Gasteiger partial charge in [-0.3, -0.25) is 19.3 Å². The van der Waals surface area contributed by atoms with E-state index in [0.29, 0.717) is 4.91 Å². The molecule has 5 aliphatic rings. The lowest BCUT2D eigenvalue weighted by Crippen LogP contribution is -2.61. The van der Waals surface area contributed by atoms with Gasteiger partial charge in [-0.2, -0.15) is 0 Å². The fourth-order valence-corrected chi connectivity index (χ4v) is 7.19. The molecule has 1 aromatic carbocycles. The van der Waals surface area contributed by atoms with E-state index in [2.05, 4.69) is 21.2 Å². The predicted molar refractivity (Wildman–Crippen MR) is 116 cm³/mol. The molecule has 0 atom stereocenters. The second kappa shape index (κ2) is 7.27. The number of hydrogen-bond donors (Lipinski definition) is 1. The van der Waals surface area contributed by atoms with E-state index in [-0.39, 0.29) is 29.1 Å². The van der Waals surface area contributed by atoms with E-state index in [1.165, 1.54) is 19.3 Å². The van der Waals surface area contributed by atoms with Gasteiger partial charge in [0.15, 0.2) is 0 Å². The van der Waals surface area contributed by atoms with E-state index in [4.69, 9.17) is 0 Å². The Balaban J connectivity index is 1.26. The third-order valence-corrected chi connectivity index (χ3v) is 8.22. The maximum Gasteiger partial charge on any atom is 0.294 e. The van der Waals surface area contributed by atoms with Crippen molar-refractivity contribution in [1.29, 1.82) is 0 Å². The smallest absolute Gasteiger partial charge is 0.294 e. The van der Waals surface area contributed by atoms with Crippen molar-refractivity contribution in [3.63, 3.8) is 0 Å². The van der Waals surface area contributed by atoms with Crippen molar-refractivity contribution in [2.24, 2.45) is 17.8 Å². The minimum absolute atomic E-state index is 0.110. The second-order valence-electron chi connectivity index (χ2n) is 9.07. The molecule has 5 nitrogen and oxygen atoms in total. The van der Waals surface area contributed by atoms with Gasteiger partial charge in [0.1, 0.15) is 6.54 Å². The molecule has 6 rings (SSSR count). The first-order valence-electron chi connectivity index (χ1n) is 10.2. The fraction of sp³-hybridized carbons (Fsp3) is 0.500. The number of carbonyl (C=O) groups is 3. The van der Waals surface area contributed by atoms with Crippen LogP contribution in [0.4, 0.5) is 4.79 Å². The van der Waals surface area contributed by atoms with Gasteiger partial charge in [0.2, 0.25) is 5.91 Å². The first kappa shape index (κ1) is 19.4. The van der Waals surface area contributed by atoms with Crippen LogP contribution in [0.5, 0.6) is 0 Å². The number of benzene rings is 1. The van der Waals surface area contributed by atoms with Crippen molar-refractivity contribution in [2.75, 3.05) is 6.54 Å². The van der Waals surface area contributed by atoms with Gasteiger partial charge in [-0.1, -0.05) is 28.1 Å². The first-order valence-corrected chi connectivity index (χ1v) is 11.8. The minimum atomic E-state index is -0.386. The molecular formula is C22H23BrN2O3S. The Morgan fingerprint density at radius 2 is 1.69 bits per heavy atom. The molecular weight excluding hydrogens is 452 g/mol. The number of thioether (sulfide) groups is 1. The van der Waals surface area contributed by atoms with Crippen molar-refractivity contribution in [1.82, 2.24) is 10.2 Å². The average Bonchev–Trinajstić information content (AvgIpc) is 2.89. The number of rotatable bonds is 4. The summed E-state index contributed by atoms with van der Waals surface area (Å²) in [5.74, 6) is 1.59. The molecule has 0 unspecified atom stereocenters. The van der Waals surface area contributed by atoms with Crippen LogP contribution in [0.15, 0.2) is 33.6 Å². The van der Waals surface area contributed by atoms with Crippen molar-refractivity contribution < 1.29 is 14.4 Å². The fourth-order valence-electron chi connectivity index (χ4n) is 6.09. The summed E-state index contributed by atoms with van der Waals surface area (Å²) in [6, 6.07) is 7.51. The Morgan fingerprint density at radius 1 is 1.10 bits per heavy atom. The summed E-state index contributed by atoms with van der Waals surface area (Å²) < 4.78 is 0.948. The molecule has 0 aromatic heterocycles. The van der Waals surface area contributed by atoms with Gasteiger partial charge >= 0.3 is 0 Å². The van der Waals surface area contributed by atoms with Gasteiger partial charge < -0.3 is 5.32 Å². The van der Waals surface area contributed by atoms with Crippen LogP contribution in [-0.2, 0) is 9.59 Å². The van der Waals surface area contributed by atoms with Crippen molar-refractivity contribution in [3.8, 4) is 0 Å². The van der Waals surface area contributed by atoms with Crippen LogP contribution in [-0.4, -0.2) is 34.0 Å². The minimum Gasteiger partial charge on any atom is -0.349 e. The van der Waals surface area contributed by atoms with Gasteiger partial charge in [0.05, 0.1) is 4.91 Å². The van der Waals surface area contributed by atoms with Crippen LogP contribution in [0, 0.1) is 17.8 Å². The molecule has 1 aliphatic heterocycles. The van der Waals surface area contributed by atoms with Crippen LogP contribution in [0.2, 0.25) is 0 Å². The molecule has 1 saturated heterocycles. The Labute approximate surface area is 182 Å². The summed E-state index contributed by atoms with van der Waals surface area (Å²) in [5.41, 5.74) is 0.734. The highest BCUT2D eigenvalue weighted by atomic mass is 79.9. The number of imide groups is 1. The Morgan fingerprint density at radius 3 is 2.28 bits per heavy atom. The SMILES string of the molecule is O=C(CN1C(=O)S/C(=C/c2ccc(Br)cc2)C1=O)NC12CC3CC(CC(C3)C1)C2. The molecule has 1 aromatic rings. The van der Waals surface area contributed by atoms with E-state index in [9.17, 15) is 14.4 Å². The van der Waals surface area contributed by atoms with Crippen molar-refractivity contribution in [3.05, 3.63) is 39.2 Å². The van der Waals surface area contributed by atoms with Crippen LogP contribution < -0.4 is 5.32 Å². The summed E-state index contributed by atoms with van der Waals surface area (Å²) >= 11 is 4.28. The lowest BCUT2D eigenvalue weighted by molar-refractivity contribution is -0.132. The summed E-state index contributed by atoms with van der Waals surface area (Å²) in [6.45, 7) is -0.190. The molecule has 0 radical (unpaired) electrons. The predicted octanol–water partition coefficient (Wildman–Crippen LogP) is 4.57. The summed E-state index contributed by atoms with van der Waals surface area (Å²) in [4.78, 5) is 39.3. The first-order chi connectivity index (χ1) is 13.9. The van der Waals surface area contributed by atoms with Crippen molar-refractivity contribution >= 4 is 50.8 Å². The standard InChI is InChI=1S/C22H23BrN2O3S/c23-17-3-1-13(2-4-17)8-18-20(27)25(21(28)29-18)12-19(26)24-22-9-14-5-15(10-22)7-16(6-14)11-22/h1-4,8,14-16H,5-7,9-12H2,(H,24,26)/b18-8+. The highest BCUT2D eigenvalue weighted by molar-refractivity contribution is 9.10. The number of hydrogen-bond acceptors (Lipinski definition) is 4. The highest BCUT2D eigenvalue weighted by Crippen LogP contribution is 2.55. The monoisotopic (exact) mass is 474 g/mol. The largest absolute Gasteiger partial charge is 0.349 e. The van der Waals surface area contributed by atoms with Gasteiger partial charge in [-0.15, -0.1) is 0 Å². The summed E-state index contributed by atoms with van der Waals surface area (Å²) in [6.07, 6.45) is 8.77. The van der Waals surface area contributed by atoms with E-state index in [1.54, 1.807) is 6.08 Å².